The maximum atomic E-state index is 8.35. The second-order valence-corrected chi connectivity index (χ2v) is 2.10. The van der Waals surface area contributed by atoms with Crippen molar-refractivity contribution in [3.8, 4) is 6.07 Å². The molecule has 0 amide bonds. The molecule has 62 valence electrons. The molecule has 0 aliphatic heterocycles. The minimum Gasteiger partial charge on any atom is -0.359 e. The van der Waals surface area contributed by atoms with Gasteiger partial charge >= 0.3 is 0 Å². The van der Waals surface area contributed by atoms with Crippen LogP contribution < -0.4 is 0 Å². The van der Waals surface area contributed by atoms with E-state index in [-0.39, 0.29) is 0 Å². The highest BCUT2D eigenvalue weighted by Crippen LogP contribution is 1.92. The second kappa shape index (κ2) is 7.26. The molecule has 11 heavy (non-hydrogen) atoms. The molecule has 0 atom stereocenters. The fourth-order valence-electron chi connectivity index (χ4n) is 0.547. The quantitative estimate of drug-likeness (QED) is 0.343. The number of rotatable bonds is 5. The fraction of sp³-hybridized carbons (Fsp3) is 0.625. The predicted octanol–water partition coefficient (Wildman–Crippen LogP) is 1.47. The van der Waals surface area contributed by atoms with Crippen LogP contribution in [-0.2, 0) is 9.47 Å². The number of nitriles is 1. The third-order valence-corrected chi connectivity index (χ3v) is 1.09. The molecule has 0 unspecified atom stereocenters. The van der Waals surface area contributed by atoms with Crippen LogP contribution in [0.2, 0.25) is 0 Å². The van der Waals surface area contributed by atoms with E-state index < -0.39 is 0 Å². The molecule has 0 aliphatic carbocycles. The Balaban J connectivity index is 3.21. The number of hydrogen-bond donors (Lipinski definition) is 0. The van der Waals surface area contributed by atoms with E-state index >= 15 is 0 Å². The highest BCUT2D eigenvalue weighted by atomic mass is 16.7. The third-order valence-electron chi connectivity index (χ3n) is 1.09. The molecule has 0 rings (SSSR count). The first-order valence-electron chi connectivity index (χ1n) is 3.44. The SMILES string of the molecule is COCOCC/C=C(\C)C#N. The fourth-order valence-corrected chi connectivity index (χ4v) is 0.547. The Hall–Kier alpha value is -0.850. The number of methoxy groups -OCH3 is 1. The van der Waals surface area contributed by atoms with E-state index in [1.807, 2.05) is 12.1 Å². The lowest BCUT2D eigenvalue weighted by Crippen LogP contribution is -1.97. The Morgan fingerprint density at radius 3 is 2.91 bits per heavy atom. The molecule has 0 spiro atoms. The molecule has 3 heteroatoms. The summed E-state index contributed by atoms with van der Waals surface area (Å²) in [6, 6.07) is 2.03. The maximum absolute atomic E-state index is 8.35. The highest BCUT2D eigenvalue weighted by molar-refractivity contribution is 5.16. The molecule has 0 N–H and O–H groups in total. The Morgan fingerprint density at radius 2 is 2.36 bits per heavy atom. The van der Waals surface area contributed by atoms with Crippen LogP contribution in [0.3, 0.4) is 0 Å². The van der Waals surface area contributed by atoms with Crippen LogP contribution in [0.25, 0.3) is 0 Å². The minimum absolute atomic E-state index is 0.319. The van der Waals surface area contributed by atoms with Crippen LogP contribution in [0.5, 0.6) is 0 Å². The molecule has 0 heterocycles. The van der Waals surface area contributed by atoms with Gasteiger partial charge in [-0.25, -0.2) is 0 Å². The van der Waals surface area contributed by atoms with Gasteiger partial charge in [0, 0.05) is 12.7 Å². The highest BCUT2D eigenvalue weighted by Gasteiger charge is 1.85. The average Bonchev–Trinajstić information content (AvgIpc) is 2.04. The minimum atomic E-state index is 0.319. The lowest BCUT2D eigenvalue weighted by atomic mass is 10.3. The molecule has 0 fully saturated rings. The van der Waals surface area contributed by atoms with Crippen LogP contribution in [0.15, 0.2) is 11.6 Å². The summed E-state index contributed by atoms with van der Waals surface area (Å²) in [6.07, 6.45) is 2.61. The topological polar surface area (TPSA) is 42.2 Å². The Kier molecular flexibility index (Phi) is 6.70. The number of hydrogen-bond acceptors (Lipinski definition) is 3. The van der Waals surface area contributed by atoms with E-state index in [1.165, 1.54) is 0 Å². The zero-order valence-electron chi connectivity index (χ0n) is 6.96. The summed E-state index contributed by atoms with van der Waals surface area (Å²) in [6.45, 7) is 2.70. The van der Waals surface area contributed by atoms with Crippen LogP contribution in [0, 0.1) is 11.3 Å². The zero-order valence-corrected chi connectivity index (χ0v) is 6.96. The summed E-state index contributed by atoms with van der Waals surface area (Å²) < 4.78 is 9.67. The second-order valence-electron chi connectivity index (χ2n) is 2.10. The number of ether oxygens (including phenoxy) is 2. The molecule has 0 aromatic heterocycles. The standard InChI is InChI=1S/C8H13NO2/c1-8(6-9)4-3-5-11-7-10-2/h4H,3,5,7H2,1-2H3/b8-4+. The van der Waals surface area contributed by atoms with Gasteiger partial charge < -0.3 is 9.47 Å². The van der Waals surface area contributed by atoms with Gasteiger partial charge in [-0.05, 0) is 13.3 Å². The van der Waals surface area contributed by atoms with Crippen molar-refractivity contribution in [3.63, 3.8) is 0 Å². The molecule has 0 saturated heterocycles. The van der Waals surface area contributed by atoms with Crippen molar-refractivity contribution < 1.29 is 9.47 Å². The van der Waals surface area contributed by atoms with Crippen LogP contribution >= 0.6 is 0 Å². The van der Waals surface area contributed by atoms with Gasteiger partial charge in [0.05, 0.1) is 12.7 Å². The molecule has 3 nitrogen and oxygen atoms in total. The van der Waals surface area contributed by atoms with Crippen molar-refractivity contribution in [1.29, 1.82) is 5.26 Å². The van der Waals surface area contributed by atoms with E-state index in [0.717, 1.165) is 12.0 Å². The smallest absolute Gasteiger partial charge is 0.146 e. The average molecular weight is 155 g/mol. The molecule has 0 aliphatic rings. The van der Waals surface area contributed by atoms with E-state index in [1.54, 1.807) is 14.0 Å². The lowest BCUT2D eigenvalue weighted by Gasteiger charge is -1.98. The van der Waals surface area contributed by atoms with E-state index in [4.69, 9.17) is 10.00 Å². The largest absolute Gasteiger partial charge is 0.359 e. The zero-order chi connectivity index (χ0) is 8.53. The molecular weight excluding hydrogens is 142 g/mol. The Morgan fingerprint density at radius 1 is 1.64 bits per heavy atom. The van der Waals surface area contributed by atoms with Crippen molar-refractivity contribution in [2.24, 2.45) is 0 Å². The number of allylic oxidation sites excluding steroid dienone is 1. The molecule has 0 radical (unpaired) electrons. The third kappa shape index (κ3) is 7.04. The molecule has 0 aromatic carbocycles. The molecular formula is C8H13NO2. The van der Waals surface area contributed by atoms with Crippen molar-refractivity contribution in [3.05, 3.63) is 11.6 Å². The predicted molar refractivity (Wildman–Crippen MR) is 41.8 cm³/mol. The maximum Gasteiger partial charge on any atom is 0.146 e. The van der Waals surface area contributed by atoms with Crippen LogP contribution in [-0.4, -0.2) is 20.5 Å². The van der Waals surface area contributed by atoms with Crippen molar-refractivity contribution in [2.45, 2.75) is 13.3 Å². The van der Waals surface area contributed by atoms with Crippen molar-refractivity contribution >= 4 is 0 Å². The summed E-state index contributed by atoms with van der Waals surface area (Å²) in [7, 11) is 1.58. The van der Waals surface area contributed by atoms with Gasteiger partial charge in [0.25, 0.3) is 0 Å². The molecule has 0 aromatic rings. The van der Waals surface area contributed by atoms with Gasteiger partial charge in [-0.2, -0.15) is 5.26 Å². The van der Waals surface area contributed by atoms with E-state index in [0.29, 0.717) is 13.4 Å². The van der Waals surface area contributed by atoms with Gasteiger partial charge in [0.2, 0.25) is 0 Å². The van der Waals surface area contributed by atoms with E-state index in [2.05, 4.69) is 4.74 Å². The van der Waals surface area contributed by atoms with Crippen molar-refractivity contribution in [1.82, 2.24) is 0 Å². The summed E-state index contributed by atoms with van der Waals surface area (Å²) in [5.41, 5.74) is 0.728. The molecule has 0 saturated carbocycles. The number of nitrogens with zero attached hydrogens (tertiary/aromatic N) is 1. The van der Waals surface area contributed by atoms with Gasteiger partial charge in [0.1, 0.15) is 6.79 Å². The van der Waals surface area contributed by atoms with Gasteiger partial charge in [0.15, 0.2) is 0 Å². The summed E-state index contributed by atoms with van der Waals surface area (Å²) in [4.78, 5) is 0. The van der Waals surface area contributed by atoms with E-state index in [9.17, 15) is 0 Å². The van der Waals surface area contributed by atoms with Gasteiger partial charge in [-0.3, -0.25) is 0 Å². The lowest BCUT2D eigenvalue weighted by molar-refractivity contribution is -0.0286. The van der Waals surface area contributed by atoms with Crippen LogP contribution in [0.4, 0.5) is 0 Å². The van der Waals surface area contributed by atoms with Gasteiger partial charge in [-0.15, -0.1) is 0 Å². The Labute approximate surface area is 67.2 Å². The summed E-state index contributed by atoms with van der Waals surface area (Å²) in [5.74, 6) is 0. The first kappa shape index (κ1) is 10.2. The van der Waals surface area contributed by atoms with Crippen molar-refractivity contribution in [2.75, 3.05) is 20.5 Å². The normalized spacial score (nSPS) is 11.2. The monoisotopic (exact) mass is 155 g/mol. The van der Waals surface area contributed by atoms with Crippen LogP contribution in [0.1, 0.15) is 13.3 Å². The molecule has 0 bridgehead atoms. The summed E-state index contributed by atoms with van der Waals surface area (Å²) >= 11 is 0. The first-order valence-corrected chi connectivity index (χ1v) is 3.44. The van der Waals surface area contributed by atoms with Gasteiger partial charge in [-0.1, -0.05) is 6.08 Å². The Bertz CT molecular complexity index is 158. The summed E-state index contributed by atoms with van der Waals surface area (Å²) in [5, 5.41) is 8.35. The first-order chi connectivity index (χ1) is 5.31.